The van der Waals surface area contributed by atoms with Gasteiger partial charge in [0, 0.05) is 13.1 Å². The van der Waals surface area contributed by atoms with Gasteiger partial charge in [-0.2, -0.15) is 0 Å². The number of rotatable bonds is 7. The monoisotopic (exact) mass is 229 g/mol. The van der Waals surface area contributed by atoms with Crippen LogP contribution in [-0.4, -0.2) is 37.5 Å². The zero-order valence-electron chi connectivity index (χ0n) is 10.6. The van der Waals surface area contributed by atoms with Crippen LogP contribution in [0.3, 0.4) is 0 Å². The van der Waals surface area contributed by atoms with E-state index in [0.717, 1.165) is 12.8 Å². The molecule has 5 nitrogen and oxygen atoms in total. The Morgan fingerprint density at radius 1 is 1.19 bits per heavy atom. The molecule has 5 heteroatoms. The van der Waals surface area contributed by atoms with Crippen molar-refractivity contribution in [3.05, 3.63) is 0 Å². The summed E-state index contributed by atoms with van der Waals surface area (Å²) in [6, 6.07) is -0.123. The Labute approximate surface area is 97.4 Å². The highest BCUT2D eigenvalue weighted by Crippen LogP contribution is 1.95. The number of likely N-dealkylation sites (N-methyl/N-ethyl adjacent to an activating group) is 1. The fourth-order valence-electron chi connectivity index (χ4n) is 1.33. The molecule has 0 aromatic heterocycles. The number of nitrogens with one attached hydrogen (secondary N) is 3. The smallest absolute Gasteiger partial charge is 0.236 e. The molecule has 0 saturated carbocycles. The van der Waals surface area contributed by atoms with E-state index in [-0.39, 0.29) is 30.4 Å². The normalized spacial score (nSPS) is 12.3. The first-order valence-corrected chi connectivity index (χ1v) is 5.79. The molecule has 0 aliphatic heterocycles. The van der Waals surface area contributed by atoms with Crippen LogP contribution in [0, 0.1) is 0 Å². The molecule has 0 fully saturated rings. The summed E-state index contributed by atoms with van der Waals surface area (Å²) in [5.74, 6) is -0.181. The summed E-state index contributed by atoms with van der Waals surface area (Å²) >= 11 is 0. The molecule has 0 aromatic carbocycles. The van der Waals surface area contributed by atoms with E-state index in [1.54, 1.807) is 14.0 Å². The Morgan fingerprint density at radius 2 is 1.75 bits per heavy atom. The van der Waals surface area contributed by atoms with Crippen LogP contribution in [0.15, 0.2) is 0 Å². The summed E-state index contributed by atoms with van der Waals surface area (Å²) in [5, 5.41) is 8.28. The van der Waals surface area contributed by atoms with Crippen molar-refractivity contribution < 1.29 is 9.59 Å². The SMILES string of the molecule is CCC(CC)NC(=O)CNC(C)C(=O)NC. The van der Waals surface area contributed by atoms with Gasteiger partial charge < -0.3 is 10.6 Å². The molecule has 0 rings (SSSR count). The van der Waals surface area contributed by atoms with Crippen molar-refractivity contribution in [3.63, 3.8) is 0 Å². The van der Waals surface area contributed by atoms with Gasteiger partial charge in [-0.15, -0.1) is 0 Å². The molecule has 1 unspecified atom stereocenters. The molecular weight excluding hydrogens is 206 g/mol. The van der Waals surface area contributed by atoms with Crippen molar-refractivity contribution in [2.75, 3.05) is 13.6 Å². The van der Waals surface area contributed by atoms with Gasteiger partial charge in [-0.25, -0.2) is 0 Å². The molecule has 2 amide bonds. The first-order valence-electron chi connectivity index (χ1n) is 5.79. The predicted octanol–water partition coefficient (Wildman–Crippen LogP) is 0.0153. The maximum absolute atomic E-state index is 11.5. The zero-order valence-corrected chi connectivity index (χ0v) is 10.6. The summed E-state index contributed by atoms with van der Waals surface area (Å²) in [7, 11) is 1.57. The largest absolute Gasteiger partial charge is 0.358 e. The lowest BCUT2D eigenvalue weighted by Gasteiger charge is -2.16. The summed E-state index contributed by atoms with van der Waals surface area (Å²) in [6.07, 6.45) is 1.85. The van der Waals surface area contributed by atoms with Crippen LogP contribution in [-0.2, 0) is 9.59 Å². The van der Waals surface area contributed by atoms with Gasteiger partial charge in [-0.05, 0) is 19.8 Å². The molecule has 3 N–H and O–H groups in total. The average molecular weight is 229 g/mol. The van der Waals surface area contributed by atoms with E-state index >= 15 is 0 Å². The van der Waals surface area contributed by atoms with E-state index < -0.39 is 0 Å². The Balaban J connectivity index is 3.84. The molecule has 0 radical (unpaired) electrons. The minimum Gasteiger partial charge on any atom is -0.358 e. The highest BCUT2D eigenvalue weighted by atomic mass is 16.2. The zero-order chi connectivity index (χ0) is 12.6. The minimum atomic E-state index is -0.350. The average Bonchev–Trinajstić information content (AvgIpc) is 2.31. The van der Waals surface area contributed by atoms with Gasteiger partial charge in [-0.1, -0.05) is 13.8 Å². The van der Waals surface area contributed by atoms with Crippen LogP contribution >= 0.6 is 0 Å². The van der Waals surface area contributed by atoms with Crippen molar-refractivity contribution in [2.45, 2.75) is 45.7 Å². The van der Waals surface area contributed by atoms with Crippen LogP contribution in [0.2, 0.25) is 0 Å². The van der Waals surface area contributed by atoms with E-state index in [1.165, 1.54) is 0 Å². The van der Waals surface area contributed by atoms with Crippen molar-refractivity contribution in [1.29, 1.82) is 0 Å². The van der Waals surface area contributed by atoms with Gasteiger partial charge in [0.1, 0.15) is 0 Å². The quantitative estimate of drug-likeness (QED) is 0.576. The second kappa shape index (κ2) is 8.10. The second-order valence-corrected chi connectivity index (χ2v) is 3.80. The molecule has 0 aliphatic carbocycles. The summed E-state index contributed by atoms with van der Waals surface area (Å²) < 4.78 is 0. The van der Waals surface area contributed by atoms with Crippen molar-refractivity contribution in [2.24, 2.45) is 0 Å². The lowest BCUT2D eigenvalue weighted by atomic mass is 10.2. The fraction of sp³-hybridized carbons (Fsp3) is 0.818. The molecule has 94 valence electrons. The van der Waals surface area contributed by atoms with Crippen molar-refractivity contribution >= 4 is 11.8 Å². The molecule has 0 aromatic rings. The maximum atomic E-state index is 11.5. The van der Waals surface area contributed by atoms with E-state index in [1.807, 2.05) is 13.8 Å². The third-order valence-electron chi connectivity index (χ3n) is 2.56. The number of carbonyl (C=O) groups is 2. The van der Waals surface area contributed by atoms with E-state index in [4.69, 9.17) is 0 Å². The maximum Gasteiger partial charge on any atom is 0.236 e. The Morgan fingerprint density at radius 3 is 2.19 bits per heavy atom. The molecule has 0 aliphatic rings. The summed E-state index contributed by atoms with van der Waals surface area (Å²) in [6.45, 7) is 5.97. The Bertz CT molecular complexity index is 227. The van der Waals surface area contributed by atoms with E-state index in [9.17, 15) is 9.59 Å². The predicted molar refractivity (Wildman–Crippen MR) is 64.0 cm³/mol. The van der Waals surface area contributed by atoms with Gasteiger partial charge in [-0.3, -0.25) is 14.9 Å². The highest BCUT2D eigenvalue weighted by molar-refractivity contribution is 5.83. The van der Waals surface area contributed by atoms with Gasteiger partial charge in [0.25, 0.3) is 0 Å². The van der Waals surface area contributed by atoms with Crippen LogP contribution in [0.1, 0.15) is 33.6 Å². The molecule has 0 bridgehead atoms. The van der Waals surface area contributed by atoms with Crippen LogP contribution in [0.4, 0.5) is 0 Å². The first-order chi connectivity index (χ1) is 7.54. The minimum absolute atomic E-state index is 0.0653. The van der Waals surface area contributed by atoms with E-state index in [2.05, 4.69) is 16.0 Å². The van der Waals surface area contributed by atoms with Crippen LogP contribution in [0.25, 0.3) is 0 Å². The molecule has 1 atom stereocenters. The molecule has 0 heterocycles. The number of amides is 2. The van der Waals surface area contributed by atoms with Crippen LogP contribution in [0.5, 0.6) is 0 Å². The van der Waals surface area contributed by atoms with Gasteiger partial charge in [0.15, 0.2) is 0 Å². The number of carbonyl (C=O) groups excluding carboxylic acids is 2. The molecule has 0 saturated heterocycles. The molecule has 16 heavy (non-hydrogen) atoms. The number of hydrogen-bond donors (Lipinski definition) is 3. The highest BCUT2D eigenvalue weighted by Gasteiger charge is 2.13. The van der Waals surface area contributed by atoms with Gasteiger partial charge >= 0.3 is 0 Å². The fourth-order valence-corrected chi connectivity index (χ4v) is 1.33. The second-order valence-electron chi connectivity index (χ2n) is 3.80. The van der Waals surface area contributed by atoms with Gasteiger partial charge in [0.05, 0.1) is 12.6 Å². The Hall–Kier alpha value is -1.10. The van der Waals surface area contributed by atoms with Gasteiger partial charge in [0.2, 0.25) is 11.8 Å². The van der Waals surface area contributed by atoms with E-state index in [0.29, 0.717) is 0 Å². The lowest BCUT2D eigenvalue weighted by molar-refractivity contribution is -0.123. The Kier molecular flexibility index (Phi) is 7.54. The summed E-state index contributed by atoms with van der Waals surface area (Å²) in [5.41, 5.74) is 0. The first kappa shape index (κ1) is 14.9. The van der Waals surface area contributed by atoms with Crippen molar-refractivity contribution in [3.8, 4) is 0 Å². The lowest BCUT2D eigenvalue weighted by Crippen LogP contribution is -2.46. The third kappa shape index (κ3) is 5.70. The topological polar surface area (TPSA) is 70.2 Å². The third-order valence-corrected chi connectivity index (χ3v) is 2.56. The number of hydrogen-bond acceptors (Lipinski definition) is 3. The van der Waals surface area contributed by atoms with Crippen LogP contribution < -0.4 is 16.0 Å². The summed E-state index contributed by atoms with van der Waals surface area (Å²) in [4.78, 5) is 22.6. The molecule has 0 spiro atoms. The van der Waals surface area contributed by atoms with Crippen molar-refractivity contribution in [1.82, 2.24) is 16.0 Å². The molecular formula is C11H23N3O2. The standard InChI is InChI=1S/C11H23N3O2/c1-5-9(6-2)14-10(15)7-13-8(3)11(16)12-4/h8-9,13H,5-7H2,1-4H3,(H,12,16)(H,14,15).